The van der Waals surface area contributed by atoms with Crippen molar-refractivity contribution in [3.8, 4) is 6.07 Å². The Morgan fingerprint density at radius 3 is 2.56 bits per heavy atom. The van der Waals surface area contributed by atoms with Crippen molar-refractivity contribution in [2.75, 3.05) is 11.5 Å². The van der Waals surface area contributed by atoms with Gasteiger partial charge in [-0.2, -0.15) is 5.26 Å². The highest BCUT2D eigenvalue weighted by atomic mass is 32.2. The van der Waals surface area contributed by atoms with Gasteiger partial charge in [0.1, 0.15) is 11.5 Å². The first-order valence-electron chi connectivity index (χ1n) is 5.36. The largest absolute Gasteiger partial charge is 0.349 e. The zero-order valence-corrected chi connectivity index (χ0v) is 10.8. The average molecular weight is 266 g/mol. The normalized spacial score (nSPS) is 12.4. The van der Waals surface area contributed by atoms with Gasteiger partial charge in [-0.3, -0.25) is 4.79 Å². The number of rotatable bonds is 5. The second kappa shape index (κ2) is 6.17. The summed E-state index contributed by atoms with van der Waals surface area (Å²) in [6.07, 6.45) is 0. The highest BCUT2D eigenvalue weighted by Gasteiger charge is 2.18. The Labute approximate surface area is 106 Å². The lowest BCUT2D eigenvalue weighted by molar-refractivity contribution is -0.119. The zero-order chi connectivity index (χ0) is 13.6. The fraction of sp³-hybridized carbons (Fsp3) is 0.333. The van der Waals surface area contributed by atoms with Crippen molar-refractivity contribution in [1.82, 2.24) is 5.32 Å². The summed E-state index contributed by atoms with van der Waals surface area (Å²) in [5.74, 6) is -1.89. The summed E-state index contributed by atoms with van der Waals surface area (Å²) >= 11 is 0. The number of hydrogen-bond donors (Lipinski definition) is 1. The molecule has 0 radical (unpaired) electrons. The summed E-state index contributed by atoms with van der Waals surface area (Å²) in [5.41, 5.74) is 0.892. The van der Waals surface area contributed by atoms with E-state index in [9.17, 15) is 13.2 Å². The molecule has 0 heterocycles. The molecule has 1 aromatic rings. The fourth-order valence-corrected chi connectivity index (χ4v) is 2.24. The van der Waals surface area contributed by atoms with Crippen molar-refractivity contribution >= 4 is 15.7 Å². The van der Waals surface area contributed by atoms with Gasteiger partial charge in [-0.25, -0.2) is 8.42 Å². The molecule has 0 bridgehead atoms. The Morgan fingerprint density at radius 2 is 2.00 bits per heavy atom. The third kappa shape index (κ3) is 4.55. The predicted molar refractivity (Wildman–Crippen MR) is 67.3 cm³/mol. The molecule has 0 fully saturated rings. The average Bonchev–Trinajstić information content (AvgIpc) is 2.28. The molecule has 5 nitrogen and oxygen atoms in total. The van der Waals surface area contributed by atoms with Gasteiger partial charge < -0.3 is 5.32 Å². The van der Waals surface area contributed by atoms with Crippen LogP contribution in [0.15, 0.2) is 30.3 Å². The second-order valence-corrected chi connectivity index (χ2v) is 5.95. The van der Waals surface area contributed by atoms with Crippen LogP contribution in [0.4, 0.5) is 0 Å². The maximum Gasteiger partial charge on any atom is 0.235 e. The highest BCUT2D eigenvalue weighted by molar-refractivity contribution is 7.92. The van der Waals surface area contributed by atoms with E-state index in [2.05, 4.69) is 5.32 Å². The van der Waals surface area contributed by atoms with E-state index in [0.717, 1.165) is 5.56 Å². The summed E-state index contributed by atoms with van der Waals surface area (Å²) in [4.78, 5) is 11.5. The number of nitrogens with zero attached hydrogens (tertiary/aromatic N) is 1. The van der Waals surface area contributed by atoms with E-state index in [1.165, 1.54) is 6.07 Å². The lowest BCUT2D eigenvalue weighted by Crippen LogP contribution is -2.33. The van der Waals surface area contributed by atoms with Crippen LogP contribution < -0.4 is 5.32 Å². The summed E-state index contributed by atoms with van der Waals surface area (Å²) in [6.45, 7) is 1.77. The smallest absolute Gasteiger partial charge is 0.235 e. The molecule has 0 aliphatic rings. The number of benzene rings is 1. The molecule has 1 amide bonds. The molecule has 0 saturated heterocycles. The van der Waals surface area contributed by atoms with E-state index in [-0.39, 0.29) is 6.04 Å². The Morgan fingerprint density at radius 1 is 1.39 bits per heavy atom. The molecule has 96 valence electrons. The lowest BCUT2D eigenvalue weighted by Gasteiger charge is -2.13. The van der Waals surface area contributed by atoms with Crippen LogP contribution in [0.5, 0.6) is 0 Å². The van der Waals surface area contributed by atoms with Crippen molar-refractivity contribution < 1.29 is 13.2 Å². The van der Waals surface area contributed by atoms with E-state index in [0.29, 0.717) is 0 Å². The molecule has 1 rings (SSSR count). The van der Waals surface area contributed by atoms with Crippen LogP contribution in [0, 0.1) is 11.3 Å². The molecule has 0 aliphatic heterocycles. The van der Waals surface area contributed by atoms with Gasteiger partial charge in [0.25, 0.3) is 0 Å². The number of carbonyl (C=O) groups is 1. The Balaban J connectivity index is 2.59. The van der Waals surface area contributed by atoms with Crippen molar-refractivity contribution in [3.63, 3.8) is 0 Å². The number of sulfone groups is 1. The highest BCUT2D eigenvalue weighted by Crippen LogP contribution is 2.10. The van der Waals surface area contributed by atoms with Crippen molar-refractivity contribution in [2.45, 2.75) is 13.0 Å². The van der Waals surface area contributed by atoms with Crippen molar-refractivity contribution in [3.05, 3.63) is 35.9 Å². The van der Waals surface area contributed by atoms with Crippen molar-refractivity contribution in [2.24, 2.45) is 0 Å². The van der Waals surface area contributed by atoms with E-state index in [4.69, 9.17) is 5.26 Å². The minimum atomic E-state index is -3.63. The van der Waals surface area contributed by atoms with Gasteiger partial charge in [0, 0.05) is 0 Å². The molecular weight excluding hydrogens is 252 g/mol. The summed E-state index contributed by atoms with van der Waals surface area (Å²) in [6, 6.07) is 10.5. The summed E-state index contributed by atoms with van der Waals surface area (Å²) in [5, 5.41) is 10.9. The first-order chi connectivity index (χ1) is 8.44. The zero-order valence-electron chi connectivity index (χ0n) is 9.96. The quantitative estimate of drug-likeness (QED) is 0.854. The molecule has 1 N–H and O–H groups in total. The maximum atomic E-state index is 11.5. The van der Waals surface area contributed by atoms with E-state index < -0.39 is 27.3 Å². The standard InChI is InChI=1S/C12H14N2O3S/c1-10(11-5-3-2-4-6-11)14-12(15)9-18(16,17)8-7-13/h2-6,10H,8-9H2,1H3,(H,14,15). The number of nitriles is 1. The molecular formula is C12H14N2O3S. The third-order valence-corrected chi connectivity index (χ3v) is 3.58. The first kappa shape index (κ1) is 14.2. The van der Waals surface area contributed by atoms with E-state index in [1.807, 2.05) is 30.3 Å². The SMILES string of the molecule is CC(NC(=O)CS(=O)(=O)CC#N)c1ccccc1. The topological polar surface area (TPSA) is 87.0 Å². The van der Waals surface area contributed by atoms with Gasteiger partial charge in [-0.15, -0.1) is 0 Å². The molecule has 1 unspecified atom stereocenters. The van der Waals surface area contributed by atoms with Crippen LogP contribution in [0.25, 0.3) is 0 Å². The van der Waals surface area contributed by atoms with Crippen LogP contribution in [-0.2, 0) is 14.6 Å². The lowest BCUT2D eigenvalue weighted by atomic mass is 10.1. The van der Waals surface area contributed by atoms with Gasteiger partial charge >= 0.3 is 0 Å². The summed E-state index contributed by atoms with van der Waals surface area (Å²) < 4.78 is 22.6. The van der Waals surface area contributed by atoms with Crippen LogP contribution >= 0.6 is 0 Å². The van der Waals surface area contributed by atoms with Crippen molar-refractivity contribution in [1.29, 1.82) is 5.26 Å². The minimum Gasteiger partial charge on any atom is -0.349 e. The molecule has 6 heteroatoms. The van der Waals surface area contributed by atoms with E-state index in [1.54, 1.807) is 6.92 Å². The predicted octanol–water partition coefficient (Wildman–Crippen LogP) is 0.802. The van der Waals surface area contributed by atoms with Crippen LogP contribution in [0.1, 0.15) is 18.5 Å². The number of amides is 1. The Hall–Kier alpha value is -1.87. The Kier molecular flexibility index (Phi) is 4.86. The maximum absolute atomic E-state index is 11.5. The molecule has 0 spiro atoms. The minimum absolute atomic E-state index is 0.268. The fourth-order valence-electron chi connectivity index (χ4n) is 1.46. The van der Waals surface area contributed by atoms with Crippen LogP contribution in [0.3, 0.4) is 0 Å². The molecule has 1 aromatic carbocycles. The van der Waals surface area contributed by atoms with Gasteiger partial charge in [-0.1, -0.05) is 30.3 Å². The Bertz CT molecular complexity index is 546. The molecule has 0 aliphatic carbocycles. The van der Waals surface area contributed by atoms with Gasteiger partial charge in [0.15, 0.2) is 9.84 Å². The second-order valence-electron chi connectivity index (χ2n) is 3.89. The number of nitrogens with one attached hydrogen (secondary N) is 1. The third-order valence-electron chi connectivity index (χ3n) is 2.31. The van der Waals surface area contributed by atoms with Crippen LogP contribution in [-0.4, -0.2) is 25.8 Å². The van der Waals surface area contributed by atoms with Crippen LogP contribution in [0.2, 0.25) is 0 Å². The van der Waals surface area contributed by atoms with E-state index >= 15 is 0 Å². The number of carbonyl (C=O) groups excluding carboxylic acids is 1. The molecule has 0 aromatic heterocycles. The number of hydrogen-bond acceptors (Lipinski definition) is 4. The molecule has 18 heavy (non-hydrogen) atoms. The van der Waals surface area contributed by atoms with Gasteiger partial charge in [-0.05, 0) is 12.5 Å². The first-order valence-corrected chi connectivity index (χ1v) is 7.18. The van der Waals surface area contributed by atoms with Gasteiger partial charge in [0.05, 0.1) is 12.1 Å². The molecule has 0 saturated carbocycles. The summed E-state index contributed by atoms with van der Waals surface area (Å²) in [7, 11) is -3.63. The van der Waals surface area contributed by atoms with Gasteiger partial charge in [0.2, 0.25) is 5.91 Å². The molecule has 1 atom stereocenters. The monoisotopic (exact) mass is 266 g/mol.